The first-order chi connectivity index (χ1) is 11.9. The number of nitrogens with one attached hydrogen (secondary N) is 1. The van der Waals surface area contributed by atoms with Crippen molar-refractivity contribution in [3.63, 3.8) is 0 Å². The van der Waals surface area contributed by atoms with Crippen LogP contribution in [0.15, 0.2) is 30.3 Å². The summed E-state index contributed by atoms with van der Waals surface area (Å²) in [6.07, 6.45) is 0.940. The second kappa shape index (κ2) is 8.48. The Morgan fingerprint density at radius 2 is 1.72 bits per heavy atom. The molecule has 1 N–H and O–H groups in total. The Morgan fingerprint density at radius 1 is 1.12 bits per heavy atom. The highest BCUT2D eigenvalue weighted by atomic mass is 16.2. The van der Waals surface area contributed by atoms with E-state index in [2.05, 4.69) is 10.2 Å². The molecule has 1 aromatic carbocycles. The Bertz CT molecular complexity index is 578. The summed E-state index contributed by atoms with van der Waals surface area (Å²) in [6, 6.07) is 9.78. The normalized spacial score (nSPS) is 17.2. The molecule has 1 fully saturated rings. The van der Waals surface area contributed by atoms with Gasteiger partial charge in [0.15, 0.2) is 0 Å². The zero-order valence-electron chi connectivity index (χ0n) is 15.9. The van der Waals surface area contributed by atoms with Crippen LogP contribution in [0.3, 0.4) is 0 Å². The van der Waals surface area contributed by atoms with Gasteiger partial charge in [-0.05, 0) is 32.8 Å². The van der Waals surface area contributed by atoms with Crippen molar-refractivity contribution in [1.29, 1.82) is 0 Å². The standard InChI is InChI=1S/C20H31N3O2/c1-5-11-21-18(24)16(2)22-12-14-23(15-13-22)19(25)20(3,4)17-9-7-6-8-10-17/h6-10,16H,5,11-15H2,1-4H3,(H,21,24)/t16-/m0/s1. The van der Waals surface area contributed by atoms with Crippen LogP contribution in [0.4, 0.5) is 0 Å². The van der Waals surface area contributed by atoms with Gasteiger partial charge in [0.25, 0.3) is 0 Å². The van der Waals surface area contributed by atoms with E-state index in [4.69, 9.17) is 0 Å². The number of amides is 2. The van der Waals surface area contributed by atoms with Gasteiger partial charge in [-0.15, -0.1) is 0 Å². The third-order valence-electron chi connectivity index (χ3n) is 5.11. The molecular weight excluding hydrogens is 314 g/mol. The molecule has 0 unspecified atom stereocenters. The van der Waals surface area contributed by atoms with Crippen molar-refractivity contribution in [2.24, 2.45) is 0 Å². The van der Waals surface area contributed by atoms with E-state index >= 15 is 0 Å². The fourth-order valence-corrected chi connectivity index (χ4v) is 3.25. The van der Waals surface area contributed by atoms with Crippen molar-refractivity contribution >= 4 is 11.8 Å². The van der Waals surface area contributed by atoms with Crippen molar-refractivity contribution < 1.29 is 9.59 Å². The number of nitrogens with zero attached hydrogens (tertiary/aromatic N) is 2. The monoisotopic (exact) mass is 345 g/mol. The minimum atomic E-state index is -0.534. The molecule has 0 bridgehead atoms. The van der Waals surface area contributed by atoms with Gasteiger partial charge in [-0.2, -0.15) is 0 Å². The second-order valence-electron chi connectivity index (χ2n) is 7.29. The maximum absolute atomic E-state index is 13.0. The van der Waals surface area contributed by atoms with E-state index in [1.54, 1.807) is 0 Å². The maximum Gasteiger partial charge on any atom is 0.237 e. The topological polar surface area (TPSA) is 52.7 Å². The third kappa shape index (κ3) is 4.60. The zero-order chi connectivity index (χ0) is 18.4. The molecule has 2 rings (SSSR count). The SMILES string of the molecule is CCCNC(=O)[C@H](C)N1CCN(C(=O)C(C)(C)c2ccccc2)CC1. The summed E-state index contributed by atoms with van der Waals surface area (Å²) in [7, 11) is 0. The number of hydrogen-bond acceptors (Lipinski definition) is 3. The molecular formula is C20H31N3O2. The predicted octanol–water partition coefficient (Wildman–Crippen LogP) is 2.02. The highest BCUT2D eigenvalue weighted by Gasteiger charge is 2.36. The second-order valence-corrected chi connectivity index (χ2v) is 7.29. The minimum Gasteiger partial charge on any atom is -0.355 e. The van der Waals surface area contributed by atoms with Crippen LogP contribution in [0.25, 0.3) is 0 Å². The van der Waals surface area contributed by atoms with Crippen molar-refractivity contribution in [2.75, 3.05) is 32.7 Å². The van der Waals surface area contributed by atoms with Crippen molar-refractivity contribution in [2.45, 2.75) is 45.6 Å². The Kier molecular flexibility index (Phi) is 6.59. The summed E-state index contributed by atoms with van der Waals surface area (Å²) in [6.45, 7) is 11.5. The molecule has 5 nitrogen and oxygen atoms in total. The molecule has 1 aliphatic heterocycles. The quantitative estimate of drug-likeness (QED) is 0.858. The third-order valence-corrected chi connectivity index (χ3v) is 5.11. The van der Waals surface area contributed by atoms with Gasteiger partial charge in [0, 0.05) is 32.7 Å². The summed E-state index contributed by atoms with van der Waals surface area (Å²) < 4.78 is 0. The number of rotatable bonds is 6. The Labute approximate surface area is 151 Å². The molecule has 0 aliphatic carbocycles. The average Bonchev–Trinajstić information content (AvgIpc) is 2.65. The Morgan fingerprint density at radius 3 is 2.28 bits per heavy atom. The molecule has 1 heterocycles. The maximum atomic E-state index is 13.0. The van der Waals surface area contributed by atoms with E-state index in [0.29, 0.717) is 19.6 Å². The van der Waals surface area contributed by atoms with Gasteiger partial charge in [-0.1, -0.05) is 37.3 Å². The number of hydrogen-bond donors (Lipinski definition) is 1. The van der Waals surface area contributed by atoms with Crippen molar-refractivity contribution in [3.05, 3.63) is 35.9 Å². The number of carbonyl (C=O) groups is 2. The van der Waals surface area contributed by atoms with Gasteiger partial charge < -0.3 is 10.2 Å². The fraction of sp³-hybridized carbons (Fsp3) is 0.600. The lowest BCUT2D eigenvalue weighted by atomic mass is 9.83. The first-order valence-corrected chi connectivity index (χ1v) is 9.24. The first-order valence-electron chi connectivity index (χ1n) is 9.24. The Balaban J connectivity index is 1.93. The summed E-state index contributed by atoms with van der Waals surface area (Å²) >= 11 is 0. The van der Waals surface area contributed by atoms with Gasteiger partial charge in [0.2, 0.25) is 11.8 Å². The molecule has 0 radical (unpaired) electrons. The fourth-order valence-electron chi connectivity index (χ4n) is 3.25. The van der Waals surface area contributed by atoms with Crippen LogP contribution >= 0.6 is 0 Å². The minimum absolute atomic E-state index is 0.0752. The summed E-state index contributed by atoms with van der Waals surface area (Å²) in [5, 5.41) is 2.95. The van der Waals surface area contributed by atoms with Crippen LogP contribution in [0.5, 0.6) is 0 Å². The van der Waals surface area contributed by atoms with Crippen molar-refractivity contribution in [1.82, 2.24) is 15.1 Å². The van der Waals surface area contributed by atoms with E-state index in [1.165, 1.54) is 0 Å². The first kappa shape index (κ1) is 19.4. The number of benzene rings is 1. The molecule has 25 heavy (non-hydrogen) atoms. The van der Waals surface area contributed by atoms with E-state index < -0.39 is 5.41 Å². The highest BCUT2D eigenvalue weighted by Crippen LogP contribution is 2.26. The van der Waals surface area contributed by atoms with E-state index in [1.807, 2.05) is 62.9 Å². The zero-order valence-corrected chi connectivity index (χ0v) is 15.9. The Hall–Kier alpha value is -1.88. The number of piperazine rings is 1. The number of carbonyl (C=O) groups excluding carboxylic acids is 2. The summed E-state index contributed by atoms with van der Waals surface area (Å²) in [5.74, 6) is 0.229. The van der Waals surface area contributed by atoms with E-state index in [9.17, 15) is 9.59 Å². The largest absolute Gasteiger partial charge is 0.355 e. The molecule has 1 saturated heterocycles. The van der Waals surface area contributed by atoms with Gasteiger partial charge in [-0.25, -0.2) is 0 Å². The van der Waals surface area contributed by atoms with Crippen LogP contribution in [0.2, 0.25) is 0 Å². The van der Waals surface area contributed by atoms with Crippen LogP contribution in [0.1, 0.15) is 39.7 Å². The highest BCUT2D eigenvalue weighted by molar-refractivity contribution is 5.87. The summed E-state index contributed by atoms with van der Waals surface area (Å²) in [5.41, 5.74) is 0.503. The van der Waals surface area contributed by atoms with Crippen LogP contribution in [0, 0.1) is 0 Å². The molecule has 1 aromatic rings. The summed E-state index contributed by atoms with van der Waals surface area (Å²) in [4.78, 5) is 29.2. The molecule has 138 valence electrons. The molecule has 2 amide bonds. The lowest BCUT2D eigenvalue weighted by Crippen LogP contribution is -2.57. The lowest BCUT2D eigenvalue weighted by Gasteiger charge is -2.40. The predicted molar refractivity (Wildman–Crippen MR) is 100 cm³/mol. The van der Waals surface area contributed by atoms with Gasteiger partial charge in [0.1, 0.15) is 0 Å². The van der Waals surface area contributed by atoms with Crippen LogP contribution in [-0.4, -0.2) is 60.4 Å². The van der Waals surface area contributed by atoms with Gasteiger partial charge >= 0.3 is 0 Å². The molecule has 5 heteroatoms. The molecule has 1 aliphatic rings. The molecule has 0 spiro atoms. The van der Waals surface area contributed by atoms with E-state index in [-0.39, 0.29) is 17.9 Å². The van der Waals surface area contributed by atoms with Crippen molar-refractivity contribution in [3.8, 4) is 0 Å². The van der Waals surface area contributed by atoms with Crippen LogP contribution in [-0.2, 0) is 15.0 Å². The lowest BCUT2D eigenvalue weighted by molar-refractivity contribution is -0.139. The van der Waals surface area contributed by atoms with Crippen LogP contribution < -0.4 is 5.32 Å². The molecule has 0 saturated carbocycles. The molecule has 0 aromatic heterocycles. The van der Waals surface area contributed by atoms with Gasteiger partial charge in [0.05, 0.1) is 11.5 Å². The van der Waals surface area contributed by atoms with E-state index in [0.717, 1.165) is 25.1 Å². The molecule has 1 atom stereocenters. The smallest absolute Gasteiger partial charge is 0.237 e. The average molecular weight is 345 g/mol. The van der Waals surface area contributed by atoms with Gasteiger partial charge in [-0.3, -0.25) is 14.5 Å².